The van der Waals surface area contributed by atoms with Gasteiger partial charge in [0.1, 0.15) is 0 Å². The number of ether oxygens (including phenoxy) is 1. The SMILES string of the molecule is CC(C)OCCNc1ccc(Cl)cc1C(=O)N1CCCC1. The Morgan fingerprint density at radius 2 is 2.10 bits per heavy atom. The molecule has 1 aromatic carbocycles. The van der Waals surface area contributed by atoms with Gasteiger partial charge in [-0.2, -0.15) is 0 Å². The molecule has 0 aromatic heterocycles. The van der Waals surface area contributed by atoms with Gasteiger partial charge in [0.05, 0.1) is 18.3 Å². The quantitative estimate of drug-likeness (QED) is 0.819. The molecule has 0 spiro atoms. The lowest BCUT2D eigenvalue weighted by molar-refractivity contribution is 0.0792. The van der Waals surface area contributed by atoms with E-state index < -0.39 is 0 Å². The Hall–Kier alpha value is -1.26. The maximum atomic E-state index is 12.6. The molecule has 1 saturated heterocycles. The van der Waals surface area contributed by atoms with Gasteiger partial charge in [-0.15, -0.1) is 0 Å². The molecule has 116 valence electrons. The molecule has 1 N–H and O–H groups in total. The molecule has 5 heteroatoms. The average Bonchev–Trinajstić information content (AvgIpc) is 2.98. The van der Waals surface area contributed by atoms with Crippen LogP contribution in [0.1, 0.15) is 37.0 Å². The van der Waals surface area contributed by atoms with E-state index >= 15 is 0 Å². The van der Waals surface area contributed by atoms with Crippen molar-refractivity contribution in [1.82, 2.24) is 4.90 Å². The van der Waals surface area contributed by atoms with E-state index in [0.717, 1.165) is 31.6 Å². The number of rotatable bonds is 6. The lowest BCUT2D eigenvalue weighted by atomic mass is 10.1. The lowest BCUT2D eigenvalue weighted by Crippen LogP contribution is -2.28. The van der Waals surface area contributed by atoms with E-state index in [0.29, 0.717) is 23.7 Å². The fraction of sp³-hybridized carbons (Fsp3) is 0.562. The third-order valence-electron chi connectivity index (χ3n) is 3.47. The van der Waals surface area contributed by atoms with Crippen LogP contribution in [0.2, 0.25) is 5.02 Å². The molecule has 1 heterocycles. The highest BCUT2D eigenvalue weighted by Crippen LogP contribution is 2.23. The normalized spacial score (nSPS) is 14.8. The van der Waals surface area contributed by atoms with Crippen LogP contribution in [0.25, 0.3) is 0 Å². The third kappa shape index (κ3) is 4.61. The van der Waals surface area contributed by atoms with E-state index in [1.54, 1.807) is 12.1 Å². The molecular formula is C16H23ClN2O2. The Balaban J connectivity index is 2.04. The molecule has 1 aliphatic rings. The minimum atomic E-state index is 0.0577. The van der Waals surface area contributed by atoms with Gasteiger partial charge in [0.25, 0.3) is 5.91 Å². The molecule has 1 amide bonds. The van der Waals surface area contributed by atoms with Crippen molar-refractivity contribution in [3.63, 3.8) is 0 Å². The Kier molecular flexibility index (Phi) is 5.88. The second-order valence-electron chi connectivity index (χ2n) is 5.54. The van der Waals surface area contributed by atoms with Gasteiger partial charge in [-0.05, 0) is 44.9 Å². The minimum absolute atomic E-state index is 0.0577. The summed E-state index contributed by atoms with van der Waals surface area (Å²) in [4.78, 5) is 14.4. The number of halogens is 1. The fourth-order valence-corrected chi connectivity index (χ4v) is 2.59. The highest BCUT2D eigenvalue weighted by atomic mass is 35.5. The topological polar surface area (TPSA) is 41.6 Å². The number of hydrogen-bond donors (Lipinski definition) is 1. The van der Waals surface area contributed by atoms with Gasteiger partial charge < -0.3 is 15.0 Å². The van der Waals surface area contributed by atoms with Crippen LogP contribution < -0.4 is 5.32 Å². The molecular weight excluding hydrogens is 288 g/mol. The maximum absolute atomic E-state index is 12.6. The summed E-state index contributed by atoms with van der Waals surface area (Å²) in [5.74, 6) is 0.0577. The predicted molar refractivity (Wildman–Crippen MR) is 86.2 cm³/mol. The van der Waals surface area contributed by atoms with E-state index in [-0.39, 0.29) is 12.0 Å². The zero-order valence-electron chi connectivity index (χ0n) is 12.7. The number of nitrogens with zero attached hydrogens (tertiary/aromatic N) is 1. The first-order valence-electron chi connectivity index (χ1n) is 7.52. The number of amides is 1. The van der Waals surface area contributed by atoms with Crippen LogP contribution in [0, 0.1) is 0 Å². The summed E-state index contributed by atoms with van der Waals surface area (Å²) in [6.07, 6.45) is 2.37. The molecule has 0 bridgehead atoms. The average molecular weight is 311 g/mol. The summed E-state index contributed by atoms with van der Waals surface area (Å²) in [6, 6.07) is 5.41. The van der Waals surface area contributed by atoms with Crippen LogP contribution in [0.15, 0.2) is 18.2 Å². The monoisotopic (exact) mass is 310 g/mol. The van der Waals surface area contributed by atoms with Crippen molar-refractivity contribution in [2.45, 2.75) is 32.8 Å². The number of likely N-dealkylation sites (tertiary alicyclic amines) is 1. The summed E-state index contributed by atoms with van der Waals surface area (Å²) in [5.41, 5.74) is 1.47. The number of hydrogen-bond acceptors (Lipinski definition) is 3. The van der Waals surface area contributed by atoms with E-state index in [4.69, 9.17) is 16.3 Å². The first-order chi connectivity index (χ1) is 10.1. The van der Waals surface area contributed by atoms with Gasteiger partial charge in [-0.1, -0.05) is 11.6 Å². The van der Waals surface area contributed by atoms with Gasteiger partial charge in [0.2, 0.25) is 0 Å². The lowest BCUT2D eigenvalue weighted by Gasteiger charge is -2.19. The second-order valence-corrected chi connectivity index (χ2v) is 5.97. The van der Waals surface area contributed by atoms with Crippen molar-refractivity contribution in [1.29, 1.82) is 0 Å². The number of nitrogens with one attached hydrogen (secondary N) is 1. The molecule has 0 atom stereocenters. The van der Waals surface area contributed by atoms with Gasteiger partial charge in [0.15, 0.2) is 0 Å². The number of anilines is 1. The van der Waals surface area contributed by atoms with E-state index in [2.05, 4.69) is 5.32 Å². The highest BCUT2D eigenvalue weighted by Gasteiger charge is 2.22. The number of benzene rings is 1. The Morgan fingerprint density at radius 3 is 2.76 bits per heavy atom. The third-order valence-corrected chi connectivity index (χ3v) is 3.71. The number of carbonyl (C=O) groups excluding carboxylic acids is 1. The summed E-state index contributed by atoms with van der Waals surface area (Å²) in [5, 5.41) is 3.85. The van der Waals surface area contributed by atoms with Gasteiger partial charge in [-0.25, -0.2) is 0 Å². The van der Waals surface area contributed by atoms with Gasteiger partial charge >= 0.3 is 0 Å². The van der Waals surface area contributed by atoms with Crippen LogP contribution in [-0.4, -0.2) is 43.2 Å². The van der Waals surface area contributed by atoms with Crippen molar-refractivity contribution < 1.29 is 9.53 Å². The van der Waals surface area contributed by atoms with Crippen molar-refractivity contribution in [3.05, 3.63) is 28.8 Å². The zero-order valence-corrected chi connectivity index (χ0v) is 13.4. The standard InChI is InChI=1S/C16H23ClN2O2/c1-12(2)21-10-7-18-15-6-5-13(17)11-14(15)16(20)19-8-3-4-9-19/h5-6,11-12,18H,3-4,7-10H2,1-2H3. The fourth-order valence-electron chi connectivity index (χ4n) is 2.42. The van der Waals surface area contributed by atoms with Crippen LogP contribution >= 0.6 is 11.6 Å². The maximum Gasteiger partial charge on any atom is 0.256 e. The molecule has 21 heavy (non-hydrogen) atoms. The Morgan fingerprint density at radius 1 is 1.38 bits per heavy atom. The van der Waals surface area contributed by atoms with Crippen molar-refractivity contribution in [2.75, 3.05) is 31.6 Å². The molecule has 2 rings (SSSR count). The Labute approximate surface area is 131 Å². The summed E-state index contributed by atoms with van der Waals surface area (Å²) in [6.45, 7) is 6.95. The molecule has 0 radical (unpaired) electrons. The summed E-state index contributed by atoms with van der Waals surface area (Å²) < 4.78 is 5.50. The molecule has 1 aromatic rings. The molecule has 4 nitrogen and oxygen atoms in total. The smallest absolute Gasteiger partial charge is 0.256 e. The van der Waals surface area contributed by atoms with Crippen molar-refractivity contribution in [3.8, 4) is 0 Å². The summed E-state index contributed by atoms with van der Waals surface area (Å²) in [7, 11) is 0. The largest absolute Gasteiger partial charge is 0.382 e. The first-order valence-corrected chi connectivity index (χ1v) is 7.90. The van der Waals surface area contributed by atoms with E-state index in [1.807, 2.05) is 24.8 Å². The number of carbonyl (C=O) groups is 1. The Bertz CT molecular complexity index is 485. The van der Waals surface area contributed by atoms with Gasteiger partial charge in [0, 0.05) is 30.3 Å². The van der Waals surface area contributed by atoms with Crippen molar-refractivity contribution in [2.24, 2.45) is 0 Å². The van der Waals surface area contributed by atoms with E-state index in [1.165, 1.54) is 0 Å². The predicted octanol–water partition coefficient (Wildman–Crippen LogP) is 3.41. The summed E-state index contributed by atoms with van der Waals surface area (Å²) >= 11 is 6.05. The van der Waals surface area contributed by atoms with Crippen LogP contribution in [0.5, 0.6) is 0 Å². The molecule has 0 aliphatic carbocycles. The van der Waals surface area contributed by atoms with Gasteiger partial charge in [-0.3, -0.25) is 4.79 Å². The zero-order chi connectivity index (χ0) is 15.2. The van der Waals surface area contributed by atoms with E-state index in [9.17, 15) is 4.79 Å². The van der Waals surface area contributed by atoms with Crippen molar-refractivity contribution >= 4 is 23.2 Å². The molecule has 1 fully saturated rings. The molecule has 0 saturated carbocycles. The first kappa shape index (κ1) is 16.1. The second kappa shape index (κ2) is 7.66. The molecule has 1 aliphatic heterocycles. The van der Waals surface area contributed by atoms with Crippen LogP contribution in [-0.2, 0) is 4.74 Å². The molecule has 0 unspecified atom stereocenters. The van der Waals surface area contributed by atoms with Crippen LogP contribution in [0.3, 0.4) is 0 Å². The van der Waals surface area contributed by atoms with Crippen LogP contribution in [0.4, 0.5) is 5.69 Å². The minimum Gasteiger partial charge on any atom is -0.382 e. The highest BCUT2D eigenvalue weighted by molar-refractivity contribution is 6.31.